The molecule has 0 aliphatic carbocycles. The Labute approximate surface area is 116 Å². The maximum absolute atomic E-state index is 11.6. The van der Waals surface area contributed by atoms with E-state index < -0.39 is 5.97 Å². The fourth-order valence-corrected chi connectivity index (χ4v) is 1.68. The molecule has 0 atom stereocenters. The van der Waals surface area contributed by atoms with Crippen LogP contribution in [0.3, 0.4) is 0 Å². The number of aromatic nitrogens is 2. The van der Waals surface area contributed by atoms with Gasteiger partial charge in [0, 0.05) is 23.8 Å². The van der Waals surface area contributed by atoms with E-state index in [2.05, 4.69) is 10.3 Å². The molecular formula is C14H15N3O3. The smallest absolute Gasteiger partial charge is 0.315 e. The number of hydrogen-bond donors (Lipinski definition) is 1. The SMILES string of the molecule is CCOC(=O)CC(=O)Nc1ccc(-n2ccnc2)cc1. The molecule has 6 nitrogen and oxygen atoms in total. The molecule has 0 spiro atoms. The molecule has 0 saturated heterocycles. The number of amides is 1. The third-order valence-electron chi connectivity index (χ3n) is 2.56. The monoisotopic (exact) mass is 273 g/mol. The van der Waals surface area contributed by atoms with Crippen LogP contribution >= 0.6 is 0 Å². The number of carbonyl (C=O) groups is 2. The van der Waals surface area contributed by atoms with E-state index in [1.54, 1.807) is 31.6 Å². The van der Waals surface area contributed by atoms with E-state index in [0.717, 1.165) is 5.69 Å². The predicted octanol–water partition coefficient (Wildman–Crippen LogP) is 1.76. The van der Waals surface area contributed by atoms with Crippen LogP contribution in [-0.2, 0) is 14.3 Å². The normalized spacial score (nSPS) is 10.1. The molecule has 20 heavy (non-hydrogen) atoms. The number of anilines is 1. The van der Waals surface area contributed by atoms with Gasteiger partial charge in [0.25, 0.3) is 0 Å². The predicted molar refractivity (Wildman–Crippen MR) is 73.4 cm³/mol. The summed E-state index contributed by atoms with van der Waals surface area (Å²) in [5.41, 5.74) is 1.56. The van der Waals surface area contributed by atoms with Gasteiger partial charge in [-0.2, -0.15) is 0 Å². The van der Waals surface area contributed by atoms with Crippen molar-refractivity contribution >= 4 is 17.6 Å². The summed E-state index contributed by atoms with van der Waals surface area (Å²) in [4.78, 5) is 26.7. The van der Waals surface area contributed by atoms with Crippen molar-refractivity contribution in [2.24, 2.45) is 0 Å². The summed E-state index contributed by atoms with van der Waals surface area (Å²) in [5, 5.41) is 2.64. The van der Waals surface area contributed by atoms with Gasteiger partial charge in [-0.05, 0) is 31.2 Å². The Morgan fingerprint density at radius 2 is 2.05 bits per heavy atom. The Kier molecular flexibility index (Phi) is 4.49. The standard InChI is InChI=1S/C14H15N3O3/c1-2-20-14(19)9-13(18)16-11-3-5-12(6-4-11)17-8-7-15-10-17/h3-8,10H,2,9H2,1H3,(H,16,18). The number of imidazole rings is 1. The molecule has 1 aromatic heterocycles. The molecule has 1 aromatic carbocycles. The van der Waals surface area contributed by atoms with Crippen LogP contribution in [-0.4, -0.2) is 28.0 Å². The molecule has 2 rings (SSSR count). The zero-order valence-corrected chi connectivity index (χ0v) is 11.1. The maximum atomic E-state index is 11.6. The van der Waals surface area contributed by atoms with E-state index in [9.17, 15) is 9.59 Å². The molecule has 0 aliphatic heterocycles. The molecule has 0 saturated carbocycles. The highest BCUT2D eigenvalue weighted by Crippen LogP contribution is 2.13. The number of nitrogens with zero attached hydrogens (tertiary/aromatic N) is 2. The molecular weight excluding hydrogens is 258 g/mol. The minimum atomic E-state index is -0.528. The minimum absolute atomic E-state index is 0.270. The lowest BCUT2D eigenvalue weighted by Crippen LogP contribution is -2.18. The average Bonchev–Trinajstić information content (AvgIpc) is 2.93. The van der Waals surface area contributed by atoms with Crippen molar-refractivity contribution in [1.82, 2.24) is 9.55 Å². The van der Waals surface area contributed by atoms with Gasteiger partial charge in [0.1, 0.15) is 6.42 Å². The lowest BCUT2D eigenvalue weighted by Gasteiger charge is -2.07. The number of rotatable bonds is 5. The third-order valence-corrected chi connectivity index (χ3v) is 2.56. The third kappa shape index (κ3) is 3.68. The van der Waals surface area contributed by atoms with Gasteiger partial charge in [-0.15, -0.1) is 0 Å². The largest absolute Gasteiger partial charge is 0.466 e. The van der Waals surface area contributed by atoms with E-state index in [-0.39, 0.29) is 18.9 Å². The first-order chi connectivity index (χ1) is 9.69. The first-order valence-corrected chi connectivity index (χ1v) is 6.23. The zero-order chi connectivity index (χ0) is 14.4. The van der Waals surface area contributed by atoms with Crippen LogP contribution in [0.25, 0.3) is 5.69 Å². The number of nitrogens with one attached hydrogen (secondary N) is 1. The van der Waals surface area contributed by atoms with Gasteiger partial charge in [-0.1, -0.05) is 0 Å². The maximum Gasteiger partial charge on any atom is 0.315 e. The topological polar surface area (TPSA) is 73.2 Å². The van der Waals surface area contributed by atoms with Gasteiger partial charge < -0.3 is 14.6 Å². The van der Waals surface area contributed by atoms with Gasteiger partial charge in [-0.3, -0.25) is 9.59 Å². The highest BCUT2D eigenvalue weighted by Gasteiger charge is 2.10. The van der Waals surface area contributed by atoms with E-state index in [1.807, 2.05) is 22.9 Å². The Bertz CT molecular complexity index is 576. The van der Waals surface area contributed by atoms with Gasteiger partial charge in [0.05, 0.1) is 12.9 Å². The number of esters is 1. The van der Waals surface area contributed by atoms with Crippen molar-refractivity contribution in [1.29, 1.82) is 0 Å². The summed E-state index contributed by atoms with van der Waals surface area (Å²) < 4.78 is 6.56. The van der Waals surface area contributed by atoms with E-state index in [1.165, 1.54) is 0 Å². The second-order valence-corrected chi connectivity index (χ2v) is 4.05. The van der Waals surface area contributed by atoms with Crippen LogP contribution in [0.4, 0.5) is 5.69 Å². The molecule has 0 aliphatic rings. The van der Waals surface area contributed by atoms with Gasteiger partial charge in [0.15, 0.2) is 0 Å². The summed E-state index contributed by atoms with van der Waals surface area (Å²) in [6, 6.07) is 7.22. The summed E-state index contributed by atoms with van der Waals surface area (Å²) in [5.74, 6) is -0.918. The number of ether oxygens (including phenoxy) is 1. The van der Waals surface area contributed by atoms with Crippen LogP contribution in [0.1, 0.15) is 13.3 Å². The second-order valence-electron chi connectivity index (χ2n) is 4.05. The van der Waals surface area contributed by atoms with Crippen LogP contribution < -0.4 is 5.32 Å². The summed E-state index contributed by atoms with van der Waals surface area (Å²) in [6.07, 6.45) is 4.93. The molecule has 1 heterocycles. The summed E-state index contributed by atoms with van der Waals surface area (Å²) in [7, 11) is 0. The Morgan fingerprint density at radius 3 is 2.65 bits per heavy atom. The lowest BCUT2D eigenvalue weighted by molar-refractivity contribution is -0.145. The van der Waals surface area contributed by atoms with Crippen molar-refractivity contribution < 1.29 is 14.3 Å². The fraction of sp³-hybridized carbons (Fsp3) is 0.214. The molecule has 104 valence electrons. The average molecular weight is 273 g/mol. The Morgan fingerprint density at radius 1 is 1.30 bits per heavy atom. The molecule has 6 heteroatoms. The zero-order valence-electron chi connectivity index (χ0n) is 11.1. The fourth-order valence-electron chi connectivity index (χ4n) is 1.68. The van der Waals surface area contributed by atoms with Crippen LogP contribution in [0.5, 0.6) is 0 Å². The van der Waals surface area contributed by atoms with Crippen molar-refractivity contribution in [3.8, 4) is 5.69 Å². The van der Waals surface area contributed by atoms with Crippen LogP contribution in [0, 0.1) is 0 Å². The Hall–Kier alpha value is -2.63. The number of hydrogen-bond acceptors (Lipinski definition) is 4. The molecule has 2 aromatic rings. The highest BCUT2D eigenvalue weighted by atomic mass is 16.5. The van der Waals surface area contributed by atoms with E-state index >= 15 is 0 Å². The van der Waals surface area contributed by atoms with Crippen molar-refractivity contribution in [2.75, 3.05) is 11.9 Å². The summed E-state index contributed by atoms with van der Waals surface area (Å²) >= 11 is 0. The molecule has 0 radical (unpaired) electrons. The molecule has 1 N–H and O–H groups in total. The number of benzene rings is 1. The molecule has 0 fully saturated rings. The van der Waals surface area contributed by atoms with Gasteiger partial charge in [0.2, 0.25) is 5.91 Å². The minimum Gasteiger partial charge on any atom is -0.466 e. The van der Waals surface area contributed by atoms with Crippen molar-refractivity contribution in [3.63, 3.8) is 0 Å². The summed E-state index contributed by atoms with van der Waals surface area (Å²) in [6.45, 7) is 1.97. The lowest BCUT2D eigenvalue weighted by atomic mass is 10.2. The highest BCUT2D eigenvalue weighted by molar-refractivity contribution is 6.01. The van der Waals surface area contributed by atoms with E-state index in [4.69, 9.17) is 4.74 Å². The molecule has 0 unspecified atom stereocenters. The number of carbonyl (C=O) groups excluding carboxylic acids is 2. The Balaban J connectivity index is 1.94. The quantitative estimate of drug-likeness (QED) is 0.665. The van der Waals surface area contributed by atoms with Gasteiger partial charge >= 0.3 is 5.97 Å². The van der Waals surface area contributed by atoms with E-state index in [0.29, 0.717) is 5.69 Å². The second kappa shape index (κ2) is 6.51. The van der Waals surface area contributed by atoms with Crippen molar-refractivity contribution in [2.45, 2.75) is 13.3 Å². The molecule has 1 amide bonds. The molecule has 0 bridgehead atoms. The van der Waals surface area contributed by atoms with Crippen LogP contribution in [0.2, 0.25) is 0 Å². The van der Waals surface area contributed by atoms with Crippen molar-refractivity contribution in [3.05, 3.63) is 43.0 Å². The first kappa shape index (κ1) is 13.8. The first-order valence-electron chi connectivity index (χ1n) is 6.23. The van der Waals surface area contributed by atoms with Crippen LogP contribution in [0.15, 0.2) is 43.0 Å². The van der Waals surface area contributed by atoms with Gasteiger partial charge in [-0.25, -0.2) is 4.98 Å².